The van der Waals surface area contributed by atoms with Crippen LogP contribution in [0, 0.1) is 5.82 Å². The normalized spacial score (nSPS) is 14.8. The quantitative estimate of drug-likeness (QED) is 0.408. The summed E-state index contributed by atoms with van der Waals surface area (Å²) < 4.78 is 29.7. The van der Waals surface area contributed by atoms with Crippen molar-refractivity contribution in [2.75, 3.05) is 47.1 Å². The van der Waals surface area contributed by atoms with Crippen LogP contribution in [0.1, 0.15) is 26.8 Å². The minimum atomic E-state index is -0.339. The van der Waals surface area contributed by atoms with Crippen LogP contribution in [0.2, 0.25) is 0 Å². The number of carbonyl (C=O) groups excluding carboxylic acids is 2. The summed E-state index contributed by atoms with van der Waals surface area (Å²) in [6.07, 6.45) is 0.744. The zero-order valence-electron chi connectivity index (χ0n) is 20.3. The number of fused-ring (bicyclic) bond motifs is 1. The fraction of sp³-hybridized carbons (Fsp3) is 0.333. The molecule has 3 aromatic rings. The first-order valence-electron chi connectivity index (χ1n) is 11.7. The van der Waals surface area contributed by atoms with Gasteiger partial charge in [-0.3, -0.25) is 9.59 Å². The average Bonchev–Trinajstić information content (AvgIpc) is 3.39. The van der Waals surface area contributed by atoms with Crippen molar-refractivity contribution in [2.24, 2.45) is 0 Å². The number of hydrogen-bond acceptors (Lipinski definition) is 6. The van der Waals surface area contributed by atoms with Gasteiger partial charge in [-0.25, -0.2) is 4.39 Å². The third-order valence-corrected chi connectivity index (χ3v) is 7.13. The van der Waals surface area contributed by atoms with Crippen LogP contribution in [-0.4, -0.2) is 68.7 Å². The maximum atomic E-state index is 13.6. The van der Waals surface area contributed by atoms with Gasteiger partial charge in [-0.2, -0.15) is 0 Å². The van der Waals surface area contributed by atoms with E-state index in [0.717, 1.165) is 12.0 Å². The molecule has 0 spiro atoms. The minimum Gasteiger partial charge on any atom is -0.497 e. The molecule has 9 heteroatoms. The van der Waals surface area contributed by atoms with Gasteiger partial charge < -0.3 is 24.0 Å². The summed E-state index contributed by atoms with van der Waals surface area (Å²) >= 11 is 1.66. The van der Waals surface area contributed by atoms with Crippen molar-refractivity contribution in [1.29, 1.82) is 0 Å². The van der Waals surface area contributed by atoms with Crippen molar-refractivity contribution in [1.82, 2.24) is 9.80 Å². The molecule has 7 nitrogen and oxygen atoms in total. The van der Waals surface area contributed by atoms with E-state index < -0.39 is 0 Å². The monoisotopic (exact) mass is 512 g/mol. The molecule has 2 aromatic carbocycles. The minimum absolute atomic E-state index is 0.0913. The molecule has 1 aliphatic heterocycles. The second-order valence-corrected chi connectivity index (χ2v) is 9.37. The van der Waals surface area contributed by atoms with Crippen molar-refractivity contribution in [3.8, 4) is 11.5 Å². The molecule has 2 amide bonds. The fourth-order valence-electron chi connectivity index (χ4n) is 4.23. The van der Waals surface area contributed by atoms with E-state index in [1.165, 1.54) is 21.9 Å². The van der Waals surface area contributed by atoms with Crippen LogP contribution in [-0.2, 0) is 16.0 Å². The van der Waals surface area contributed by atoms with E-state index >= 15 is 0 Å². The molecule has 0 radical (unpaired) electrons. The molecule has 4 rings (SSSR count). The summed E-state index contributed by atoms with van der Waals surface area (Å²) in [4.78, 5) is 31.4. The fourth-order valence-corrected chi connectivity index (χ4v) is 5.16. The third-order valence-electron chi connectivity index (χ3n) is 6.13. The molecule has 0 fully saturated rings. The Morgan fingerprint density at radius 2 is 1.92 bits per heavy atom. The first-order valence-corrected chi connectivity index (χ1v) is 12.5. The predicted octanol–water partition coefficient (Wildman–Crippen LogP) is 4.19. The summed E-state index contributed by atoms with van der Waals surface area (Å²) in [6.45, 7) is 1.23. The van der Waals surface area contributed by atoms with Gasteiger partial charge in [0.1, 0.15) is 30.5 Å². The van der Waals surface area contributed by atoms with Gasteiger partial charge in [-0.15, -0.1) is 11.3 Å². The molecule has 1 aromatic heterocycles. The maximum Gasteiger partial charge on any atom is 0.254 e. The molecule has 1 aliphatic rings. The second-order valence-electron chi connectivity index (χ2n) is 8.37. The molecule has 1 atom stereocenters. The Hall–Kier alpha value is -3.43. The second kappa shape index (κ2) is 12.0. The summed E-state index contributed by atoms with van der Waals surface area (Å²) in [5.41, 5.74) is 1.48. The lowest BCUT2D eigenvalue weighted by Crippen LogP contribution is -2.48. The smallest absolute Gasteiger partial charge is 0.254 e. The molecule has 0 aliphatic carbocycles. The van der Waals surface area contributed by atoms with E-state index in [9.17, 15) is 14.0 Å². The Morgan fingerprint density at radius 3 is 2.67 bits per heavy atom. The van der Waals surface area contributed by atoms with Crippen LogP contribution in [0.15, 0.2) is 60.0 Å². The lowest BCUT2D eigenvalue weighted by Gasteiger charge is -2.37. The van der Waals surface area contributed by atoms with Gasteiger partial charge in [0.2, 0.25) is 5.91 Å². The predicted molar refractivity (Wildman–Crippen MR) is 135 cm³/mol. The van der Waals surface area contributed by atoms with E-state index in [1.807, 2.05) is 11.4 Å². The molecule has 2 heterocycles. The lowest BCUT2D eigenvalue weighted by atomic mass is 10.0. The molecule has 0 bridgehead atoms. The van der Waals surface area contributed by atoms with Crippen molar-refractivity contribution >= 4 is 23.2 Å². The topological polar surface area (TPSA) is 68.3 Å². The largest absolute Gasteiger partial charge is 0.497 e. The van der Waals surface area contributed by atoms with Crippen LogP contribution < -0.4 is 9.47 Å². The van der Waals surface area contributed by atoms with Gasteiger partial charge in [0.25, 0.3) is 5.91 Å². The molecular weight excluding hydrogens is 483 g/mol. The van der Waals surface area contributed by atoms with Gasteiger partial charge in [-0.1, -0.05) is 6.07 Å². The van der Waals surface area contributed by atoms with Crippen molar-refractivity contribution in [3.63, 3.8) is 0 Å². The van der Waals surface area contributed by atoms with Gasteiger partial charge in [0, 0.05) is 30.6 Å². The summed E-state index contributed by atoms with van der Waals surface area (Å²) in [5, 5.41) is 2.01. The molecule has 36 heavy (non-hydrogen) atoms. The van der Waals surface area contributed by atoms with E-state index in [0.29, 0.717) is 30.2 Å². The lowest BCUT2D eigenvalue weighted by molar-refractivity contribution is -0.135. The Labute approximate surface area is 214 Å². The third kappa shape index (κ3) is 6.03. The SMILES string of the molecule is COCCN(CC(=O)N1CCc2sccc2[C@H]1COc1ccc(F)cc1)C(=O)c1cccc(OC)c1. The van der Waals surface area contributed by atoms with E-state index in [-0.39, 0.29) is 43.4 Å². The number of nitrogens with zero attached hydrogens (tertiary/aromatic N) is 2. The van der Waals surface area contributed by atoms with E-state index in [1.54, 1.807) is 66.9 Å². The Balaban J connectivity index is 1.52. The first-order chi connectivity index (χ1) is 17.5. The van der Waals surface area contributed by atoms with Gasteiger partial charge in [0.15, 0.2) is 0 Å². The number of thiophene rings is 1. The van der Waals surface area contributed by atoms with Crippen LogP contribution in [0.5, 0.6) is 11.5 Å². The highest BCUT2D eigenvalue weighted by Gasteiger charge is 2.33. The Morgan fingerprint density at radius 1 is 1.11 bits per heavy atom. The number of amides is 2. The zero-order valence-corrected chi connectivity index (χ0v) is 21.1. The number of halogens is 1. The first kappa shape index (κ1) is 25.7. The Kier molecular flexibility index (Phi) is 8.56. The zero-order chi connectivity index (χ0) is 25.5. The molecule has 0 saturated carbocycles. The highest BCUT2D eigenvalue weighted by atomic mass is 32.1. The number of benzene rings is 2. The highest BCUT2D eigenvalue weighted by Crippen LogP contribution is 2.34. The van der Waals surface area contributed by atoms with Crippen LogP contribution in [0.3, 0.4) is 0 Å². The average molecular weight is 513 g/mol. The number of carbonyl (C=O) groups is 2. The van der Waals surface area contributed by atoms with Crippen molar-refractivity contribution < 1.29 is 28.2 Å². The number of ether oxygens (including phenoxy) is 3. The number of hydrogen-bond donors (Lipinski definition) is 0. The van der Waals surface area contributed by atoms with Crippen molar-refractivity contribution in [3.05, 3.63) is 81.8 Å². The maximum absolute atomic E-state index is 13.6. The summed E-state index contributed by atoms with van der Waals surface area (Å²) in [6, 6.07) is 14.4. The van der Waals surface area contributed by atoms with Crippen LogP contribution in [0.25, 0.3) is 0 Å². The van der Waals surface area contributed by atoms with Gasteiger partial charge in [0.05, 0.1) is 19.8 Å². The van der Waals surface area contributed by atoms with E-state index in [2.05, 4.69) is 0 Å². The summed E-state index contributed by atoms with van der Waals surface area (Å²) in [5.74, 6) is 0.311. The van der Waals surface area contributed by atoms with Gasteiger partial charge in [-0.05, 0) is 65.9 Å². The Bertz CT molecular complexity index is 1180. The number of rotatable bonds is 10. The molecular formula is C27H29FN2O5S. The molecule has 0 saturated heterocycles. The molecule has 0 unspecified atom stereocenters. The number of methoxy groups -OCH3 is 2. The molecule has 190 valence electrons. The van der Waals surface area contributed by atoms with E-state index in [4.69, 9.17) is 14.2 Å². The van der Waals surface area contributed by atoms with Crippen LogP contribution in [0.4, 0.5) is 4.39 Å². The van der Waals surface area contributed by atoms with Crippen molar-refractivity contribution in [2.45, 2.75) is 12.5 Å². The van der Waals surface area contributed by atoms with Crippen LogP contribution >= 0.6 is 11.3 Å². The van der Waals surface area contributed by atoms with Gasteiger partial charge >= 0.3 is 0 Å². The molecule has 0 N–H and O–H groups in total. The standard InChI is InChI=1S/C27H29FN2O5S/c1-33-14-13-29(27(32)19-4-3-5-22(16-19)34-2)17-26(31)30-12-10-25-23(11-15-36-25)24(30)18-35-21-8-6-20(28)7-9-21/h3-9,11,15-16,24H,10,12-14,17-18H2,1-2H3/t24-/m1/s1. The summed E-state index contributed by atoms with van der Waals surface area (Å²) in [7, 11) is 3.10. The highest BCUT2D eigenvalue weighted by molar-refractivity contribution is 7.10.